The number of aliphatic carboxylic acids is 1. The van der Waals surface area contributed by atoms with Gasteiger partial charge < -0.3 is 20.3 Å². The second kappa shape index (κ2) is 12.9. The number of carbonyl (C=O) groups excluding carboxylic acids is 2. The summed E-state index contributed by atoms with van der Waals surface area (Å²) in [4.78, 5) is 38.7. The molecule has 1 aromatic carbocycles. The number of nitrogens with one attached hydrogen (secondary N) is 1. The van der Waals surface area contributed by atoms with Gasteiger partial charge in [0.15, 0.2) is 5.78 Å². The number of rotatable bonds is 11. The van der Waals surface area contributed by atoms with Crippen molar-refractivity contribution in [1.82, 2.24) is 5.32 Å². The minimum absolute atomic E-state index is 0.00488. The zero-order valence-electron chi connectivity index (χ0n) is 33.5. The normalized spacial score (nSPS) is 40.8. The maximum atomic E-state index is 14.0. The highest BCUT2D eigenvalue weighted by Crippen LogP contribution is 2.87. The first-order chi connectivity index (χ1) is 24.7. The molecule has 1 spiro atoms. The van der Waals surface area contributed by atoms with E-state index in [-0.39, 0.29) is 69.6 Å². The molecule has 1 unspecified atom stereocenters. The summed E-state index contributed by atoms with van der Waals surface area (Å²) >= 11 is 6.11. The molecule has 10 atom stereocenters. The van der Waals surface area contributed by atoms with E-state index < -0.39 is 22.9 Å². The number of carboxylic acid groups (broad SMARTS) is 1. The third-order valence-corrected chi connectivity index (χ3v) is 17.4. The van der Waals surface area contributed by atoms with Crippen LogP contribution in [0.1, 0.15) is 138 Å². The molecule has 6 aliphatic rings. The topological polar surface area (TPSA) is 113 Å². The molecule has 8 heteroatoms. The Kier molecular flexibility index (Phi) is 9.51. The van der Waals surface area contributed by atoms with E-state index in [4.69, 9.17) is 16.3 Å². The van der Waals surface area contributed by atoms with Crippen LogP contribution in [0, 0.1) is 55.7 Å². The zero-order chi connectivity index (χ0) is 38.6. The molecule has 0 radical (unpaired) electrons. The molecule has 53 heavy (non-hydrogen) atoms. The van der Waals surface area contributed by atoms with Gasteiger partial charge in [-0.3, -0.25) is 14.4 Å². The number of Topliss-reactive ketones (excluding diaryl/α,β-unsaturated/α-hetero) is 1. The number of fused-ring (bicyclic) bond motifs is 6. The largest absolute Gasteiger partial charge is 0.481 e. The summed E-state index contributed by atoms with van der Waals surface area (Å²) in [7, 11) is 0. The molecule has 5 fully saturated rings. The number of carboxylic acids is 1. The van der Waals surface area contributed by atoms with E-state index in [0.717, 1.165) is 68.9 Å². The molecule has 6 aliphatic carbocycles. The summed E-state index contributed by atoms with van der Waals surface area (Å²) < 4.78 is 6.30. The molecule has 0 aliphatic heterocycles. The summed E-state index contributed by atoms with van der Waals surface area (Å²) in [5, 5.41) is 25.7. The lowest BCUT2D eigenvalue weighted by atomic mass is 9.33. The van der Waals surface area contributed by atoms with Crippen molar-refractivity contribution in [3.63, 3.8) is 0 Å². The number of hydrogen-bond donors (Lipinski definition) is 3. The molecular weight excluding hydrogens is 686 g/mol. The van der Waals surface area contributed by atoms with Crippen LogP contribution in [-0.2, 0) is 25.7 Å². The number of benzene rings is 1. The van der Waals surface area contributed by atoms with Crippen molar-refractivity contribution in [3.8, 4) is 0 Å². The highest BCUT2D eigenvalue weighted by atomic mass is 35.5. The molecule has 1 aromatic rings. The molecule has 0 bridgehead atoms. The fourth-order valence-corrected chi connectivity index (χ4v) is 14.4. The van der Waals surface area contributed by atoms with Gasteiger partial charge in [0.1, 0.15) is 6.10 Å². The van der Waals surface area contributed by atoms with Gasteiger partial charge >= 0.3 is 11.9 Å². The van der Waals surface area contributed by atoms with E-state index in [1.54, 1.807) is 0 Å². The number of halogens is 1. The van der Waals surface area contributed by atoms with Gasteiger partial charge in [0.25, 0.3) is 0 Å². The molecular formula is C45H64ClNO6. The van der Waals surface area contributed by atoms with Gasteiger partial charge in [0, 0.05) is 35.4 Å². The predicted octanol–water partition coefficient (Wildman–Crippen LogP) is 9.33. The molecule has 0 amide bonds. The molecule has 0 aromatic heterocycles. The molecule has 7 rings (SSSR count). The van der Waals surface area contributed by atoms with Crippen LogP contribution in [-0.4, -0.2) is 46.7 Å². The second-order valence-electron chi connectivity index (χ2n) is 20.6. The first-order valence-electron chi connectivity index (χ1n) is 20.5. The summed E-state index contributed by atoms with van der Waals surface area (Å²) in [6.07, 6.45) is 8.89. The van der Waals surface area contributed by atoms with E-state index in [1.165, 1.54) is 5.57 Å². The third-order valence-electron chi connectivity index (χ3n) is 17.2. The summed E-state index contributed by atoms with van der Waals surface area (Å²) in [6.45, 7) is 19.1. The first kappa shape index (κ1) is 39.0. The minimum Gasteiger partial charge on any atom is -0.481 e. The monoisotopic (exact) mass is 749 g/mol. The van der Waals surface area contributed by atoms with Crippen molar-refractivity contribution in [3.05, 3.63) is 46.0 Å². The lowest BCUT2D eigenvalue weighted by Gasteiger charge is -2.71. The van der Waals surface area contributed by atoms with E-state index >= 15 is 0 Å². The number of aliphatic hydroxyl groups excluding tert-OH is 1. The van der Waals surface area contributed by atoms with E-state index in [2.05, 4.69) is 46.9 Å². The highest BCUT2D eigenvalue weighted by Gasteiger charge is 2.82. The van der Waals surface area contributed by atoms with Crippen molar-refractivity contribution in [1.29, 1.82) is 0 Å². The average molecular weight is 750 g/mol. The number of ether oxygens (including phenoxy) is 1. The lowest BCUT2D eigenvalue weighted by Crippen LogP contribution is -2.65. The molecule has 7 nitrogen and oxygen atoms in total. The Morgan fingerprint density at radius 1 is 0.925 bits per heavy atom. The van der Waals surface area contributed by atoms with Crippen molar-refractivity contribution in [2.75, 3.05) is 6.54 Å². The van der Waals surface area contributed by atoms with Crippen LogP contribution in [0.2, 0.25) is 5.02 Å². The van der Waals surface area contributed by atoms with Crippen molar-refractivity contribution < 1.29 is 29.3 Å². The van der Waals surface area contributed by atoms with E-state index in [0.29, 0.717) is 30.5 Å². The fraction of sp³-hybridized carbons (Fsp3) is 0.756. The van der Waals surface area contributed by atoms with Gasteiger partial charge in [-0.2, -0.15) is 0 Å². The Bertz CT molecular complexity index is 1700. The number of ketones is 1. The quantitative estimate of drug-likeness (QED) is 0.193. The second-order valence-corrected chi connectivity index (χ2v) is 21.0. The SMILES string of the molecule is CC(C)C1=C2[C@H]3CC[C@@H]4[C@@]5(C)CC[C@H](OC(=O)CC(C)(C)CC(=O)O)C6(C)C[C@]65CC[C@@]4(C)[C@]3(C)CC[C@@]2([C@H](O)CNCc2ccc(Cl)cc2)CC1=O. The zero-order valence-corrected chi connectivity index (χ0v) is 34.3. The van der Waals surface area contributed by atoms with Crippen LogP contribution in [0.5, 0.6) is 0 Å². The third kappa shape index (κ3) is 5.73. The van der Waals surface area contributed by atoms with Crippen LogP contribution in [0.3, 0.4) is 0 Å². The highest BCUT2D eigenvalue weighted by molar-refractivity contribution is 6.30. The van der Waals surface area contributed by atoms with E-state index in [1.807, 2.05) is 38.1 Å². The van der Waals surface area contributed by atoms with E-state index in [9.17, 15) is 24.6 Å². The fourth-order valence-electron chi connectivity index (χ4n) is 14.3. The number of carbonyl (C=O) groups is 3. The maximum Gasteiger partial charge on any atom is 0.306 e. The number of allylic oxidation sites excluding steroid dienone is 1. The Morgan fingerprint density at radius 2 is 1.60 bits per heavy atom. The van der Waals surface area contributed by atoms with Crippen LogP contribution in [0.4, 0.5) is 0 Å². The Labute approximate surface area is 322 Å². The summed E-state index contributed by atoms with van der Waals surface area (Å²) in [5.74, 6) is -0.00979. The van der Waals surface area contributed by atoms with Crippen LogP contribution < -0.4 is 5.32 Å². The predicted molar refractivity (Wildman–Crippen MR) is 207 cm³/mol. The van der Waals surface area contributed by atoms with Gasteiger partial charge in [0.2, 0.25) is 0 Å². The minimum atomic E-state index is -0.892. The summed E-state index contributed by atoms with van der Waals surface area (Å²) in [6, 6.07) is 7.81. The van der Waals surface area contributed by atoms with Gasteiger partial charge in [-0.25, -0.2) is 0 Å². The van der Waals surface area contributed by atoms with Gasteiger partial charge in [0.05, 0.1) is 18.9 Å². The Balaban J connectivity index is 1.13. The molecule has 0 saturated heterocycles. The van der Waals surface area contributed by atoms with Crippen LogP contribution in [0.25, 0.3) is 0 Å². The van der Waals surface area contributed by atoms with Crippen molar-refractivity contribution in [2.45, 2.75) is 151 Å². The Morgan fingerprint density at radius 3 is 2.26 bits per heavy atom. The molecule has 5 saturated carbocycles. The van der Waals surface area contributed by atoms with Crippen LogP contribution >= 0.6 is 11.6 Å². The number of aliphatic hydroxyl groups is 1. The first-order valence-corrected chi connectivity index (χ1v) is 20.9. The summed E-state index contributed by atoms with van der Waals surface area (Å²) in [5.41, 5.74) is 2.51. The van der Waals surface area contributed by atoms with Crippen LogP contribution in [0.15, 0.2) is 35.4 Å². The molecule has 3 N–H and O–H groups in total. The average Bonchev–Trinajstić information content (AvgIpc) is 3.58. The van der Waals surface area contributed by atoms with Gasteiger partial charge in [-0.1, -0.05) is 84.7 Å². The van der Waals surface area contributed by atoms with Gasteiger partial charge in [-0.05, 0) is 126 Å². The van der Waals surface area contributed by atoms with Crippen molar-refractivity contribution >= 4 is 29.3 Å². The van der Waals surface area contributed by atoms with Crippen molar-refractivity contribution in [2.24, 2.45) is 55.7 Å². The standard InChI is InChI=1S/C45H64ClNO6/c1-27(2)37-31(48)21-44(33(49)25-47-24-28-9-11-29(46)12-10-28)19-17-40(5)30(38(37)44)13-14-32-41(40,6)18-20-45-26-43(45,8)34(15-16-42(32,45)7)53-36(52)23-39(3,4)22-35(50)51/h9-12,27,30,32-34,47,49H,13-26H2,1-8H3,(H,50,51)/t30-,32+,33-,34+,40-,41-,42-,43?,44+,45+/m1/s1. The lowest BCUT2D eigenvalue weighted by molar-refractivity contribution is -0.220. The van der Waals surface area contributed by atoms with Gasteiger partial charge in [-0.15, -0.1) is 0 Å². The number of hydrogen-bond acceptors (Lipinski definition) is 6. The maximum absolute atomic E-state index is 14.0. The Hall–Kier alpha value is -2.22. The molecule has 292 valence electrons. The smallest absolute Gasteiger partial charge is 0.306 e. The number of esters is 1. The molecule has 0 heterocycles.